The molecule has 0 aliphatic heterocycles. The number of alkyl halides is 3. The number of hydrogen-bond acceptors (Lipinski definition) is 5. The van der Waals surface area contributed by atoms with Crippen LogP contribution in [0.15, 0.2) is 12.3 Å². The number of rotatable bonds is 1. The molecule has 0 aliphatic carbocycles. The molecule has 0 spiro atoms. The number of aryl methyl sites for hydroxylation is 1. The fourth-order valence-corrected chi connectivity index (χ4v) is 4.21. The molecule has 0 saturated heterocycles. The molecule has 3 aromatic rings. The van der Waals surface area contributed by atoms with Crippen molar-refractivity contribution in [2.75, 3.05) is 5.73 Å². The first-order chi connectivity index (χ1) is 9.79. The Kier molecular flexibility index (Phi) is 3.34. The van der Waals surface area contributed by atoms with Gasteiger partial charge < -0.3 is 5.73 Å². The highest BCUT2D eigenvalue weighted by atomic mass is 35.5. The van der Waals surface area contributed by atoms with Gasteiger partial charge in [-0.05, 0) is 24.5 Å². The maximum absolute atomic E-state index is 12.6. The van der Waals surface area contributed by atoms with Crippen LogP contribution in [-0.2, 0) is 6.18 Å². The standard InChI is InChI=1S/C12H7ClF3N3S2/c1-4-7-8(17)10(20-11(7)19-21-4)9-6(13)2-5(3-18-9)12(14,15)16/h2-3H,17H2,1H3. The molecule has 0 aromatic carbocycles. The number of thiophene rings is 1. The first kappa shape index (κ1) is 14.6. The summed E-state index contributed by atoms with van der Waals surface area (Å²) in [5.41, 5.74) is 5.88. The number of anilines is 1. The van der Waals surface area contributed by atoms with Gasteiger partial charge in [-0.15, -0.1) is 11.3 Å². The second-order valence-electron chi connectivity index (χ2n) is 4.32. The van der Waals surface area contributed by atoms with Crippen molar-refractivity contribution in [1.82, 2.24) is 9.36 Å². The van der Waals surface area contributed by atoms with Gasteiger partial charge in [0.25, 0.3) is 0 Å². The van der Waals surface area contributed by atoms with Gasteiger partial charge in [0.1, 0.15) is 10.5 Å². The van der Waals surface area contributed by atoms with E-state index in [0.717, 1.165) is 27.4 Å². The van der Waals surface area contributed by atoms with Crippen LogP contribution in [0.5, 0.6) is 0 Å². The maximum Gasteiger partial charge on any atom is 0.417 e. The van der Waals surface area contributed by atoms with Gasteiger partial charge in [0.05, 0.1) is 26.5 Å². The Hall–Kier alpha value is -1.38. The molecular formula is C12H7ClF3N3S2. The van der Waals surface area contributed by atoms with Crippen LogP contribution in [0.3, 0.4) is 0 Å². The average molecular weight is 350 g/mol. The Balaban J connectivity index is 2.17. The number of nitrogen functional groups attached to an aromatic ring is 1. The molecule has 3 nitrogen and oxygen atoms in total. The lowest BCUT2D eigenvalue weighted by molar-refractivity contribution is -0.137. The van der Waals surface area contributed by atoms with E-state index in [1.807, 2.05) is 6.92 Å². The first-order valence-corrected chi connectivity index (χ1v) is 7.63. The largest absolute Gasteiger partial charge is 0.417 e. The lowest BCUT2D eigenvalue weighted by Gasteiger charge is -2.08. The minimum Gasteiger partial charge on any atom is -0.397 e. The third kappa shape index (κ3) is 2.37. The Morgan fingerprint density at radius 3 is 2.62 bits per heavy atom. The summed E-state index contributed by atoms with van der Waals surface area (Å²) in [4.78, 5) is 6.07. The summed E-state index contributed by atoms with van der Waals surface area (Å²) in [6.45, 7) is 1.88. The number of nitrogens with two attached hydrogens (primary N) is 1. The zero-order valence-electron chi connectivity index (χ0n) is 10.5. The normalized spacial score (nSPS) is 12.2. The molecule has 2 N–H and O–H groups in total. The molecule has 9 heteroatoms. The average Bonchev–Trinajstić information content (AvgIpc) is 2.90. The molecule has 0 aliphatic rings. The van der Waals surface area contributed by atoms with E-state index < -0.39 is 11.7 Å². The predicted octanol–water partition coefficient (Wildman–Crippen LogP) is 4.98. The smallest absolute Gasteiger partial charge is 0.397 e. The Bertz CT molecular complexity index is 838. The minimum atomic E-state index is -4.48. The van der Waals surface area contributed by atoms with Gasteiger partial charge >= 0.3 is 6.18 Å². The summed E-state index contributed by atoms with van der Waals surface area (Å²) in [5, 5.41) is 0.736. The van der Waals surface area contributed by atoms with Crippen LogP contribution in [0.25, 0.3) is 20.8 Å². The Morgan fingerprint density at radius 2 is 2.05 bits per heavy atom. The zero-order valence-corrected chi connectivity index (χ0v) is 12.8. The van der Waals surface area contributed by atoms with E-state index in [-0.39, 0.29) is 10.7 Å². The second-order valence-corrected chi connectivity index (χ2v) is 6.70. The minimum absolute atomic E-state index is 0.0817. The van der Waals surface area contributed by atoms with Crippen molar-refractivity contribution in [2.24, 2.45) is 0 Å². The first-order valence-electron chi connectivity index (χ1n) is 5.66. The van der Waals surface area contributed by atoms with Crippen LogP contribution in [0, 0.1) is 6.92 Å². The number of hydrogen-bond donors (Lipinski definition) is 1. The van der Waals surface area contributed by atoms with E-state index >= 15 is 0 Å². The quantitative estimate of drug-likeness (QED) is 0.674. The molecule has 0 saturated carbocycles. The Labute approximate surface area is 130 Å². The fraction of sp³-hybridized carbons (Fsp3) is 0.167. The summed E-state index contributed by atoms with van der Waals surface area (Å²) >= 11 is 8.55. The van der Waals surface area contributed by atoms with Gasteiger partial charge in [-0.25, -0.2) is 0 Å². The molecular weight excluding hydrogens is 343 g/mol. The molecule has 0 amide bonds. The van der Waals surface area contributed by atoms with Gasteiger partial charge in [0, 0.05) is 11.1 Å². The summed E-state index contributed by atoms with van der Waals surface area (Å²) < 4.78 is 42.1. The number of halogens is 4. The van der Waals surface area contributed by atoms with Crippen molar-refractivity contribution < 1.29 is 13.2 Å². The van der Waals surface area contributed by atoms with Crippen LogP contribution >= 0.6 is 34.5 Å². The van der Waals surface area contributed by atoms with Crippen molar-refractivity contribution in [3.63, 3.8) is 0 Å². The maximum atomic E-state index is 12.6. The lowest BCUT2D eigenvalue weighted by atomic mass is 10.2. The van der Waals surface area contributed by atoms with E-state index in [9.17, 15) is 13.2 Å². The molecule has 3 aromatic heterocycles. The molecule has 3 heterocycles. The van der Waals surface area contributed by atoms with Crippen LogP contribution in [0.4, 0.5) is 18.9 Å². The molecule has 3 rings (SSSR count). The van der Waals surface area contributed by atoms with Crippen molar-refractivity contribution in [2.45, 2.75) is 13.1 Å². The van der Waals surface area contributed by atoms with Gasteiger partial charge in [-0.1, -0.05) is 11.6 Å². The highest BCUT2D eigenvalue weighted by Gasteiger charge is 2.32. The van der Waals surface area contributed by atoms with Crippen molar-refractivity contribution >= 4 is 50.4 Å². The van der Waals surface area contributed by atoms with Crippen LogP contribution < -0.4 is 5.73 Å². The molecule has 0 fully saturated rings. The van der Waals surface area contributed by atoms with Crippen molar-refractivity contribution in [3.05, 3.63) is 27.7 Å². The fourth-order valence-electron chi connectivity index (χ4n) is 1.93. The van der Waals surface area contributed by atoms with E-state index in [1.54, 1.807) is 0 Å². The third-order valence-corrected chi connectivity index (χ3v) is 5.19. The molecule has 0 radical (unpaired) electrons. The molecule has 21 heavy (non-hydrogen) atoms. The molecule has 0 bridgehead atoms. The van der Waals surface area contributed by atoms with Crippen molar-refractivity contribution in [1.29, 1.82) is 0 Å². The second kappa shape index (κ2) is 4.82. The molecule has 110 valence electrons. The van der Waals surface area contributed by atoms with Crippen LogP contribution in [-0.4, -0.2) is 9.36 Å². The SMILES string of the molecule is Cc1snc2sc(-c3ncc(C(F)(F)F)cc3Cl)c(N)c12. The highest BCUT2D eigenvalue weighted by Crippen LogP contribution is 2.44. The number of pyridine rings is 1. The molecule has 0 unspecified atom stereocenters. The summed E-state index contributed by atoms with van der Waals surface area (Å²) in [7, 11) is 0. The molecule has 0 atom stereocenters. The summed E-state index contributed by atoms with van der Waals surface area (Å²) in [6.07, 6.45) is -3.72. The number of aromatic nitrogens is 2. The lowest BCUT2D eigenvalue weighted by Crippen LogP contribution is -2.05. The highest BCUT2D eigenvalue weighted by molar-refractivity contribution is 7.24. The topological polar surface area (TPSA) is 51.8 Å². The third-order valence-electron chi connectivity index (χ3n) is 2.93. The Morgan fingerprint density at radius 1 is 1.33 bits per heavy atom. The van der Waals surface area contributed by atoms with E-state index in [0.29, 0.717) is 10.6 Å². The van der Waals surface area contributed by atoms with Crippen LogP contribution in [0.2, 0.25) is 5.02 Å². The van der Waals surface area contributed by atoms with E-state index in [1.165, 1.54) is 22.9 Å². The van der Waals surface area contributed by atoms with E-state index in [4.69, 9.17) is 17.3 Å². The summed E-state index contributed by atoms with van der Waals surface area (Å²) in [5.74, 6) is 0. The predicted molar refractivity (Wildman–Crippen MR) is 79.9 cm³/mol. The van der Waals surface area contributed by atoms with Crippen molar-refractivity contribution in [3.8, 4) is 10.6 Å². The van der Waals surface area contributed by atoms with Gasteiger partial charge in [0.15, 0.2) is 0 Å². The van der Waals surface area contributed by atoms with E-state index in [2.05, 4.69) is 9.36 Å². The van der Waals surface area contributed by atoms with Crippen LogP contribution in [0.1, 0.15) is 10.4 Å². The monoisotopic (exact) mass is 349 g/mol. The summed E-state index contributed by atoms with van der Waals surface area (Å²) in [6, 6.07) is 0.858. The number of nitrogens with zero attached hydrogens (tertiary/aromatic N) is 2. The van der Waals surface area contributed by atoms with Gasteiger partial charge in [-0.2, -0.15) is 17.5 Å². The zero-order chi connectivity index (χ0) is 15.4. The van der Waals surface area contributed by atoms with Gasteiger partial charge in [0.2, 0.25) is 0 Å². The number of fused-ring (bicyclic) bond motifs is 1. The van der Waals surface area contributed by atoms with Gasteiger partial charge in [-0.3, -0.25) is 4.98 Å².